The van der Waals surface area contributed by atoms with E-state index >= 15 is 0 Å². The highest BCUT2D eigenvalue weighted by Gasteiger charge is 2.36. The molecule has 0 bridgehead atoms. The molecule has 3 rings (SSSR count). The fraction of sp³-hybridized carbons (Fsp3) is 0.0667. The monoisotopic (exact) mass is 329 g/mol. The summed E-state index contributed by atoms with van der Waals surface area (Å²) in [6.45, 7) is 0. The van der Waals surface area contributed by atoms with Crippen molar-refractivity contribution in [2.45, 2.75) is 6.10 Å². The third kappa shape index (κ3) is 2.78. The summed E-state index contributed by atoms with van der Waals surface area (Å²) >= 11 is 0. The fourth-order valence-corrected chi connectivity index (χ4v) is 3.43. The lowest BCUT2D eigenvalue weighted by atomic mass is 9.93. The predicted molar refractivity (Wildman–Crippen MR) is 81.8 cm³/mol. The minimum absolute atomic E-state index is 0.0551. The predicted octanol–water partition coefficient (Wildman–Crippen LogP) is 1.55. The van der Waals surface area contributed by atoms with Crippen LogP contribution in [0.4, 0.5) is 0 Å². The summed E-state index contributed by atoms with van der Waals surface area (Å²) in [5.74, 6) is 0.0551. The van der Waals surface area contributed by atoms with Crippen LogP contribution in [-0.4, -0.2) is 29.0 Å². The van der Waals surface area contributed by atoms with E-state index in [2.05, 4.69) is 9.77 Å². The van der Waals surface area contributed by atoms with Crippen molar-refractivity contribution in [3.63, 3.8) is 0 Å². The summed E-state index contributed by atoms with van der Waals surface area (Å²) in [7, 11) is -4.20. The molecule has 23 heavy (non-hydrogen) atoms. The number of hydrogen-bond donors (Lipinski definition) is 1. The van der Waals surface area contributed by atoms with Crippen LogP contribution in [0.5, 0.6) is 5.75 Å². The maximum Gasteiger partial charge on any atom is 0.340 e. The Kier molecular flexibility index (Phi) is 3.79. The Morgan fingerprint density at radius 1 is 1.22 bits per heavy atom. The van der Waals surface area contributed by atoms with Gasteiger partial charge in [-0.3, -0.25) is 4.98 Å². The van der Waals surface area contributed by atoms with Gasteiger partial charge >= 0.3 is 15.8 Å². The first-order valence-corrected chi connectivity index (χ1v) is 7.99. The van der Waals surface area contributed by atoms with E-state index in [0.717, 1.165) is 6.08 Å². The van der Waals surface area contributed by atoms with Gasteiger partial charge in [0.1, 0.15) is 4.91 Å². The molecule has 116 valence electrons. The highest BCUT2D eigenvalue weighted by molar-refractivity contribution is 7.96. The number of benzene rings is 1. The van der Waals surface area contributed by atoms with Crippen molar-refractivity contribution in [1.29, 1.82) is 0 Å². The van der Waals surface area contributed by atoms with Gasteiger partial charge in [-0.05, 0) is 12.1 Å². The molecule has 0 saturated heterocycles. The van der Waals surface area contributed by atoms with E-state index in [-0.39, 0.29) is 21.9 Å². The lowest BCUT2D eigenvalue weighted by molar-refractivity contribution is -0.0188. The summed E-state index contributed by atoms with van der Waals surface area (Å²) < 4.78 is 30.1. The summed E-state index contributed by atoms with van der Waals surface area (Å²) in [6, 6.07) is 9.38. The SMILES string of the molecule is [N-]=[N+]=C1C=C(S(=O)(=O)Oc2cccnc2)c2ccccc2C1O. The minimum Gasteiger partial charge on any atom is -0.377 e. The van der Waals surface area contributed by atoms with Crippen molar-refractivity contribution in [3.8, 4) is 5.75 Å². The Labute approximate surface area is 132 Å². The number of pyridine rings is 1. The van der Waals surface area contributed by atoms with E-state index in [4.69, 9.17) is 9.71 Å². The van der Waals surface area contributed by atoms with Gasteiger partial charge < -0.3 is 14.8 Å². The van der Waals surface area contributed by atoms with E-state index < -0.39 is 16.2 Å². The molecule has 1 aliphatic carbocycles. The number of fused-ring (bicyclic) bond motifs is 1. The zero-order valence-electron chi connectivity index (χ0n) is 11.7. The Morgan fingerprint density at radius 2 is 2.00 bits per heavy atom. The summed E-state index contributed by atoms with van der Waals surface area (Å²) in [5, 5.41) is 10.1. The molecule has 0 fully saturated rings. The Bertz CT molecular complexity index is 932. The van der Waals surface area contributed by atoms with Crippen molar-refractivity contribution >= 4 is 20.7 Å². The van der Waals surface area contributed by atoms with Gasteiger partial charge in [0.15, 0.2) is 11.9 Å². The third-order valence-corrected chi connectivity index (χ3v) is 4.59. The van der Waals surface area contributed by atoms with E-state index in [9.17, 15) is 13.5 Å². The first-order chi connectivity index (χ1) is 11.0. The summed E-state index contributed by atoms with van der Waals surface area (Å²) in [4.78, 5) is 6.55. The molecular weight excluding hydrogens is 318 g/mol. The van der Waals surface area contributed by atoms with Crippen molar-refractivity contribution in [2.75, 3.05) is 0 Å². The van der Waals surface area contributed by atoms with Crippen molar-refractivity contribution < 1.29 is 22.5 Å². The molecule has 1 aromatic heterocycles. The Morgan fingerprint density at radius 3 is 2.70 bits per heavy atom. The molecule has 0 radical (unpaired) electrons. The van der Waals surface area contributed by atoms with Crippen molar-refractivity contribution in [3.05, 3.63) is 71.5 Å². The molecule has 8 heteroatoms. The second-order valence-electron chi connectivity index (χ2n) is 4.75. The van der Waals surface area contributed by atoms with E-state index in [1.165, 1.54) is 18.5 Å². The van der Waals surface area contributed by atoms with Crippen molar-refractivity contribution in [1.82, 2.24) is 4.98 Å². The van der Waals surface area contributed by atoms with Gasteiger partial charge in [0, 0.05) is 23.4 Å². The fourth-order valence-electron chi connectivity index (χ4n) is 2.27. The van der Waals surface area contributed by atoms with Gasteiger partial charge in [0.2, 0.25) is 0 Å². The zero-order valence-corrected chi connectivity index (χ0v) is 12.5. The van der Waals surface area contributed by atoms with E-state index in [1.54, 1.807) is 30.3 Å². The molecule has 1 atom stereocenters. The molecule has 1 aromatic carbocycles. The highest BCUT2D eigenvalue weighted by atomic mass is 32.2. The molecule has 0 spiro atoms. The number of aromatic nitrogens is 1. The van der Waals surface area contributed by atoms with E-state index in [1.807, 2.05) is 0 Å². The van der Waals surface area contributed by atoms with Gasteiger partial charge in [0.05, 0.1) is 6.20 Å². The lowest BCUT2D eigenvalue weighted by Gasteiger charge is -2.19. The molecule has 2 aromatic rings. The largest absolute Gasteiger partial charge is 0.377 e. The van der Waals surface area contributed by atoms with Crippen molar-refractivity contribution in [2.24, 2.45) is 0 Å². The molecule has 7 nitrogen and oxygen atoms in total. The number of nitrogens with zero attached hydrogens (tertiary/aromatic N) is 3. The quantitative estimate of drug-likeness (QED) is 0.521. The molecule has 0 aliphatic heterocycles. The average Bonchev–Trinajstić information content (AvgIpc) is 2.56. The Balaban J connectivity index is 2.12. The van der Waals surface area contributed by atoms with Crippen LogP contribution in [0.25, 0.3) is 10.4 Å². The van der Waals surface area contributed by atoms with Crippen LogP contribution >= 0.6 is 0 Å². The molecule has 1 unspecified atom stereocenters. The number of rotatable bonds is 3. The molecule has 1 heterocycles. The number of aliphatic hydroxyl groups is 1. The highest BCUT2D eigenvalue weighted by Crippen LogP contribution is 2.35. The van der Waals surface area contributed by atoms with Crippen LogP contribution < -0.4 is 4.18 Å². The van der Waals surface area contributed by atoms with Gasteiger partial charge in [-0.1, -0.05) is 24.3 Å². The lowest BCUT2D eigenvalue weighted by Crippen LogP contribution is -2.22. The maximum absolute atomic E-state index is 12.5. The summed E-state index contributed by atoms with van der Waals surface area (Å²) in [6.07, 6.45) is 2.62. The minimum atomic E-state index is -4.20. The molecule has 0 saturated carbocycles. The van der Waals surface area contributed by atoms with Crippen LogP contribution in [0, 0.1) is 0 Å². The first-order valence-electron chi connectivity index (χ1n) is 6.58. The number of hydrogen-bond acceptors (Lipinski definition) is 5. The zero-order chi connectivity index (χ0) is 16.4. The van der Waals surface area contributed by atoms with Crippen LogP contribution in [-0.2, 0) is 10.1 Å². The second-order valence-corrected chi connectivity index (χ2v) is 6.26. The van der Waals surface area contributed by atoms with Crippen LogP contribution in [0.3, 0.4) is 0 Å². The summed E-state index contributed by atoms with van der Waals surface area (Å²) in [5.41, 5.74) is 9.42. The standard InChI is InChI=1S/C15H11N3O4S/c16-18-13-8-14(11-5-1-2-6-12(11)15(13)19)23(20,21)22-10-4-3-7-17-9-10/h1-9,15,19H. The molecule has 1 aliphatic rings. The molecule has 1 N–H and O–H groups in total. The van der Waals surface area contributed by atoms with E-state index in [0.29, 0.717) is 5.56 Å². The van der Waals surface area contributed by atoms with Crippen LogP contribution in [0.15, 0.2) is 54.9 Å². The van der Waals surface area contributed by atoms with Gasteiger partial charge in [-0.2, -0.15) is 13.2 Å². The molecule has 0 amide bonds. The smallest absolute Gasteiger partial charge is 0.340 e. The van der Waals surface area contributed by atoms with Gasteiger partial charge in [-0.25, -0.2) is 0 Å². The van der Waals surface area contributed by atoms with Crippen LogP contribution in [0.2, 0.25) is 0 Å². The number of aliphatic hydroxyl groups excluding tert-OH is 1. The Hall–Kier alpha value is -2.80. The molecular formula is C15H11N3O4S. The van der Waals surface area contributed by atoms with Gasteiger partial charge in [-0.15, -0.1) is 0 Å². The normalized spacial score (nSPS) is 17.0. The third-order valence-electron chi connectivity index (χ3n) is 3.31. The average molecular weight is 329 g/mol. The second kappa shape index (κ2) is 5.77. The maximum atomic E-state index is 12.5. The van der Waals surface area contributed by atoms with Crippen LogP contribution in [0.1, 0.15) is 17.2 Å². The first kappa shape index (κ1) is 15.1. The van der Waals surface area contributed by atoms with Gasteiger partial charge in [0.25, 0.3) is 0 Å². The topological polar surface area (TPSA) is 113 Å².